The lowest BCUT2D eigenvalue weighted by Crippen LogP contribution is -2.24. The first kappa shape index (κ1) is 8.58. The van der Waals surface area contributed by atoms with E-state index in [0.29, 0.717) is 0 Å². The van der Waals surface area contributed by atoms with Crippen LogP contribution in [0, 0.1) is 0 Å². The van der Waals surface area contributed by atoms with Gasteiger partial charge in [0.25, 0.3) is 0 Å². The number of carbonyl (C=O) groups is 1. The Bertz CT molecular complexity index is 111. The van der Waals surface area contributed by atoms with Gasteiger partial charge < -0.3 is 9.87 Å². The maximum atomic E-state index is 10.1. The first-order valence-corrected chi connectivity index (χ1v) is 3.72. The van der Waals surface area contributed by atoms with Crippen molar-refractivity contribution >= 4 is 17.0 Å². The first-order chi connectivity index (χ1) is 4.13. The lowest BCUT2D eigenvalue weighted by atomic mass is 10.6. The molecule has 0 aromatic rings. The second-order valence-corrected chi connectivity index (χ2v) is 2.56. The van der Waals surface area contributed by atoms with Crippen molar-refractivity contribution in [1.29, 1.82) is 0 Å². The molecule has 1 amide bonds. The molecule has 0 saturated heterocycles. The SMILES string of the molecule is CC(=O)NCCS(=O)O. The van der Waals surface area contributed by atoms with Crippen LogP contribution < -0.4 is 5.32 Å². The summed E-state index contributed by atoms with van der Waals surface area (Å²) in [4.78, 5) is 10.1. The van der Waals surface area contributed by atoms with Crippen LogP contribution >= 0.6 is 0 Å². The van der Waals surface area contributed by atoms with Crippen molar-refractivity contribution in [3.8, 4) is 0 Å². The highest BCUT2D eigenvalue weighted by Gasteiger charge is 1.93. The van der Waals surface area contributed by atoms with Crippen LogP contribution in [0.1, 0.15) is 6.92 Å². The fraction of sp³-hybridized carbons (Fsp3) is 0.750. The van der Waals surface area contributed by atoms with Crippen LogP contribution in [-0.2, 0) is 15.9 Å². The Balaban J connectivity index is 3.10. The molecular weight excluding hydrogens is 142 g/mol. The van der Waals surface area contributed by atoms with Crippen LogP contribution in [0.25, 0.3) is 0 Å². The van der Waals surface area contributed by atoms with Crippen LogP contribution in [0.2, 0.25) is 0 Å². The van der Waals surface area contributed by atoms with Gasteiger partial charge in [0.05, 0.1) is 5.75 Å². The van der Waals surface area contributed by atoms with Gasteiger partial charge in [-0.25, -0.2) is 4.21 Å². The van der Waals surface area contributed by atoms with E-state index < -0.39 is 11.1 Å². The molecule has 0 radical (unpaired) electrons. The van der Waals surface area contributed by atoms with Gasteiger partial charge in [0.15, 0.2) is 11.1 Å². The number of rotatable bonds is 3. The fourth-order valence-electron chi connectivity index (χ4n) is 0.314. The van der Waals surface area contributed by atoms with E-state index in [4.69, 9.17) is 4.55 Å². The van der Waals surface area contributed by atoms with Gasteiger partial charge >= 0.3 is 0 Å². The van der Waals surface area contributed by atoms with E-state index >= 15 is 0 Å². The molecule has 1 unspecified atom stereocenters. The second kappa shape index (κ2) is 4.46. The Morgan fingerprint density at radius 2 is 2.33 bits per heavy atom. The zero-order chi connectivity index (χ0) is 7.28. The molecule has 0 bridgehead atoms. The van der Waals surface area contributed by atoms with Crippen molar-refractivity contribution in [3.05, 3.63) is 0 Å². The van der Waals surface area contributed by atoms with E-state index in [0.717, 1.165) is 0 Å². The molecule has 0 aliphatic carbocycles. The van der Waals surface area contributed by atoms with E-state index in [1.54, 1.807) is 0 Å². The second-order valence-electron chi connectivity index (χ2n) is 1.51. The van der Waals surface area contributed by atoms with Gasteiger partial charge in [-0.2, -0.15) is 0 Å². The molecule has 0 saturated carbocycles. The average molecular weight is 151 g/mol. The van der Waals surface area contributed by atoms with Crippen LogP contribution in [0.3, 0.4) is 0 Å². The smallest absolute Gasteiger partial charge is 0.216 e. The van der Waals surface area contributed by atoms with E-state index in [-0.39, 0.29) is 18.2 Å². The normalized spacial score (nSPS) is 12.7. The Kier molecular flexibility index (Phi) is 4.25. The summed E-state index contributed by atoms with van der Waals surface area (Å²) in [6.07, 6.45) is 0. The molecule has 0 aliphatic heterocycles. The summed E-state index contributed by atoms with van der Waals surface area (Å²) in [5.74, 6) is -0.0833. The highest BCUT2D eigenvalue weighted by atomic mass is 32.2. The van der Waals surface area contributed by atoms with Crippen molar-refractivity contribution in [2.75, 3.05) is 12.3 Å². The summed E-state index contributed by atoms with van der Waals surface area (Å²) in [5, 5.41) is 2.38. The highest BCUT2D eigenvalue weighted by molar-refractivity contribution is 7.79. The molecule has 5 heteroatoms. The number of nitrogens with one attached hydrogen (secondary N) is 1. The summed E-state index contributed by atoms with van der Waals surface area (Å²) in [5.41, 5.74) is 0. The van der Waals surface area contributed by atoms with Gasteiger partial charge in [0.2, 0.25) is 5.91 Å². The van der Waals surface area contributed by atoms with Gasteiger partial charge in [-0.3, -0.25) is 4.79 Å². The van der Waals surface area contributed by atoms with Gasteiger partial charge in [0.1, 0.15) is 0 Å². The van der Waals surface area contributed by atoms with Gasteiger partial charge in [-0.1, -0.05) is 0 Å². The molecule has 4 nitrogen and oxygen atoms in total. The summed E-state index contributed by atoms with van der Waals surface area (Å²) in [7, 11) is 0. The molecule has 0 aromatic carbocycles. The predicted molar refractivity (Wildman–Crippen MR) is 34.3 cm³/mol. The first-order valence-electron chi connectivity index (χ1n) is 2.45. The number of carbonyl (C=O) groups excluding carboxylic acids is 1. The molecule has 0 heterocycles. The van der Waals surface area contributed by atoms with Crippen LogP contribution in [-0.4, -0.2) is 27.0 Å². The summed E-state index contributed by atoms with van der Waals surface area (Å²) >= 11 is -1.80. The maximum absolute atomic E-state index is 10.1. The minimum absolute atomic E-state index is 0.0968. The molecule has 2 N–H and O–H groups in total. The lowest BCUT2D eigenvalue weighted by molar-refractivity contribution is -0.118. The van der Waals surface area contributed by atoms with Crippen LogP contribution in [0.5, 0.6) is 0 Å². The number of amides is 1. The minimum Gasteiger partial charge on any atom is -0.355 e. The number of hydrogen-bond donors (Lipinski definition) is 2. The van der Waals surface area contributed by atoms with Crippen molar-refractivity contribution < 1.29 is 13.6 Å². The standard InChI is InChI=1S/C4H9NO3S/c1-4(6)5-2-3-9(7)8/h2-3H2,1H3,(H,5,6)(H,7,8). The van der Waals surface area contributed by atoms with Crippen LogP contribution in [0.4, 0.5) is 0 Å². The molecule has 0 spiro atoms. The Morgan fingerprint density at radius 3 is 2.67 bits per heavy atom. The molecule has 54 valence electrons. The third-order valence-corrected chi connectivity index (χ3v) is 1.20. The third-order valence-electron chi connectivity index (χ3n) is 0.651. The summed E-state index contributed by atoms with van der Waals surface area (Å²) in [6, 6.07) is 0. The maximum Gasteiger partial charge on any atom is 0.216 e. The average Bonchev–Trinajstić information content (AvgIpc) is 1.63. The summed E-state index contributed by atoms with van der Waals surface area (Å²) < 4.78 is 18.1. The monoisotopic (exact) mass is 151 g/mol. The lowest BCUT2D eigenvalue weighted by Gasteiger charge is -1.95. The van der Waals surface area contributed by atoms with Gasteiger partial charge in [-0.05, 0) is 0 Å². The van der Waals surface area contributed by atoms with E-state index in [1.165, 1.54) is 6.92 Å². The fourth-order valence-corrected chi connectivity index (χ4v) is 0.591. The van der Waals surface area contributed by atoms with Crippen molar-refractivity contribution in [3.63, 3.8) is 0 Å². The van der Waals surface area contributed by atoms with E-state index in [2.05, 4.69) is 5.32 Å². The Hall–Kier alpha value is -0.420. The van der Waals surface area contributed by atoms with E-state index in [1.807, 2.05) is 0 Å². The molecule has 1 atom stereocenters. The zero-order valence-electron chi connectivity index (χ0n) is 5.09. The molecule has 0 aliphatic rings. The zero-order valence-corrected chi connectivity index (χ0v) is 5.90. The van der Waals surface area contributed by atoms with Crippen molar-refractivity contribution in [2.24, 2.45) is 0 Å². The number of hydrogen-bond acceptors (Lipinski definition) is 2. The summed E-state index contributed by atoms with van der Waals surface area (Å²) in [6.45, 7) is 1.62. The van der Waals surface area contributed by atoms with Gasteiger partial charge in [0, 0.05) is 13.5 Å². The van der Waals surface area contributed by atoms with E-state index in [9.17, 15) is 9.00 Å². The Labute approximate surface area is 55.9 Å². The predicted octanol–water partition coefficient (Wildman–Crippen LogP) is -0.656. The molecule has 0 rings (SSSR count). The Morgan fingerprint density at radius 1 is 1.78 bits per heavy atom. The molecular formula is C4H9NO3S. The molecule has 0 fully saturated rings. The minimum atomic E-state index is -1.80. The van der Waals surface area contributed by atoms with Crippen molar-refractivity contribution in [1.82, 2.24) is 5.32 Å². The van der Waals surface area contributed by atoms with Crippen molar-refractivity contribution in [2.45, 2.75) is 6.92 Å². The molecule has 9 heavy (non-hydrogen) atoms. The molecule has 0 aromatic heterocycles. The van der Waals surface area contributed by atoms with Crippen LogP contribution in [0.15, 0.2) is 0 Å². The third kappa shape index (κ3) is 7.58. The highest BCUT2D eigenvalue weighted by Crippen LogP contribution is 1.69. The van der Waals surface area contributed by atoms with Gasteiger partial charge in [-0.15, -0.1) is 0 Å². The quantitative estimate of drug-likeness (QED) is 0.526. The largest absolute Gasteiger partial charge is 0.355 e. The topological polar surface area (TPSA) is 66.4 Å².